The Hall–Kier alpha value is -2.75. The molecule has 0 fully saturated rings. The zero-order valence-corrected chi connectivity index (χ0v) is 17.0. The number of rotatable bonds is 5. The second-order valence-electron chi connectivity index (χ2n) is 6.82. The molecule has 0 bridgehead atoms. The number of Topliss-reactive ketones (excluding diaryl/α,β-unsaturated/α-hetero) is 2. The van der Waals surface area contributed by atoms with E-state index in [1.807, 2.05) is 0 Å². The molecule has 0 saturated heterocycles. The van der Waals surface area contributed by atoms with Crippen LogP contribution in [0, 0.1) is 11.3 Å². The Bertz CT molecular complexity index is 1060. The first-order valence-electron chi connectivity index (χ1n) is 9.21. The molecule has 1 aromatic carbocycles. The number of allylic oxidation sites excluding steroid dienone is 3. The summed E-state index contributed by atoms with van der Waals surface area (Å²) in [5.74, 6) is 0.165. The minimum absolute atomic E-state index is 0.0363. The molecule has 0 saturated carbocycles. The van der Waals surface area contributed by atoms with Gasteiger partial charge >= 0.3 is 0 Å². The second-order valence-corrected chi connectivity index (χ2v) is 8.24. The molecule has 0 unspecified atom stereocenters. The van der Waals surface area contributed by atoms with Crippen molar-refractivity contribution in [1.82, 2.24) is 5.32 Å². The molecular weight excluding hydrogens is 408 g/mol. The standard InChI is InChI=1S/C22H17ClN2O3S/c23-14-8-6-13(7-9-14)18(27)12-29-22-15(11-24)20(19-5-2-10-28-19)21-16(25-22)3-1-4-17(21)26/h2,5-10,20,25H,1,3-4,12H2/t20-/m1/s1. The van der Waals surface area contributed by atoms with Crippen molar-refractivity contribution in [2.45, 2.75) is 25.2 Å². The van der Waals surface area contributed by atoms with Crippen molar-refractivity contribution in [2.75, 3.05) is 5.75 Å². The van der Waals surface area contributed by atoms with Gasteiger partial charge in [0, 0.05) is 28.3 Å². The highest BCUT2D eigenvalue weighted by Crippen LogP contribution is 2.44. The van der Waals surface area contributed by atoms with Gasteiger partial charge in [0.15, 0.2) is 11.6 Å². The maximum Gasteiger partial charge on any atom is 0.173 e. The van der Waals surface area contributed by atoms with E-state index in [0.29, 0.717) is 38.9 Å². The average Bonchev–Trinajstić information content (AvgIpc) is 3.26. The Morgan fingerprint density at radius 1 is 1.28 bits per heavy atom. The molecule has 2 heterocycles. The van der Waals surface area contributed by atoms with Crippen LogP contribution in [-0.2, 0) is 4.79 Å². The number of nitriles is 1. The predicted molar refractivity (Wildman–Crippen MR) is 111 cm³/mol. The van der Waals surface area contributed by atoms with Crippen molar-refractivity contribution in [3.8, 4) is 6.07 Å². The van der Waals surface area contributed by atoms with Gasteiger partial charge in [0.1, 0.15) is 5.76 Å². The highest BCUT2D eigenvalue weighted by Gasteiger charge is 2.38. The van der Waals surface area contributed by atoms with E-state index in [0.717, 1.165) is 18.5 Å². The molecule has 4 rings (SSSR count). The predicted octanol–water partition coefficient (Wildman–Crippen LogP) is 4.98. The number of carbonyl (C=O) groups excluding carboxylic acids is 2. The summed E-state index contributed by atoms with van der Waals surface area (Å²) in [4.78, 5) is 25.2. The molecule has 0 radical (unpaired) electrons. The van der Waals surface area contributed by atoms with Crippen molar-refractivity contribution in [2.24, 2.45) is 0 Å². The summed E-state index contributed by atoms with van der Waals surface area (Å²) in [6, 6.07) is 12.5. The van der Waals surface area contributed by atoms with Crippen LogP contribution < -0.4 is 5.32 Å². The molecule has 0 amide bonds. The Kier molecular flexibility index (Phi) is 5.61. The molecule has 1 N–H and O–H groups in total. The smallest absolute Gasteiger partial charge is 0.173 e. The lowest BCUT2D eigenvalue weighted by Gasteiger charge is -2.32. The molecule has 1 aliphatic heterocycles. The lowest BCUT2D eigenvalue weighted by atomic mass is 9.79. The van der Waals surface area contributed by atoms with E-state index in [1.54, 1.807) is 36.4 Å². The Balaban J connectivity index is 1.64. The molecule has 29 heavy (non-hydrogen) atoms. The number of thioether (sulfide) groups is 1. The minimum atomic E-state index is -0.535. The van der Waals surface area contributed by atoms with Crippen LogP contribution in [0.4, 0.5) is 0 Å². The van der Waals surface area contributed by atoms with E-state index < -0.39 is 5.92 Å². The summed E-state index contributed by atoms with van der Waals surface area (Å²) >= 11 is 7.15. The summed E-state index contributed by atoms with van der Waals surface area (Å²) in [7, 11) is 0. The molecule has 0 spiro atoms. The SMILES string of the molecule is N#CC1=C(SCC(=O)c2ccc(Cl)cc2)NC2=C(C(=O)CCC2)[C@H]1c1ccco1. The van der Waals surface area contributed by atoms with E-state index in [1.165, 1.54) is 18.0 Å². The first-order valence-corrected chi connectivity index (χ1v) is 10.6. The van der Waals surface area contributed by atoms with Crippen molar-refractivity contribution in [3.63, 3.8) is 0 Å². The third-order valence-corrected chi connectivity index (χ3v) is 6.27. The van der Waals surface area contributed by atoms with Crippen LogP contribution >= 0.6 is 23.4 Å². The number of nitrogens with zero attached hydrogens (tertiary/aromatic N) is 1. The molecule has 2 aromatic rings. The van der Waals surface area contributed by atoms with Crippen LogP contribution in [0.1, 0.15) is 41.3 Å². The number of carbonyl (C=O) groups is 2. The fourth-order valence-corrected chi connectivity index (χ4v) is 4.72. The monoisotopic (exact) mass is 424 g/mol. The van der Waals surface area contributed by atoms with Crippen molar-refractivity contribution in [3.05, 3.63) is 80.9 Å². The van der Waals surface area contributed by atoms with Gasteiger partial charge < -0.3 is 9.73 Å². The third-order valence-electron chi connectivity index (χ3n) is 5.00. The quantitative estimate of drug-likeness (QED) is 0.681. The van der Waals surface area contributed by atoms with Crippen LogP contribution in [0.2, 0.25) is 5.02 Å². The van der Waals surface area contributed by atoms with Crippen LogP contribution in [0.15, 0.2) is 69.0 Å². The second kappa shape index (κ2) is 8.32. The number of ketones is 2. The topological polar surface area (TPSA) is 83.1 Å². The maximum atomic E-state index is 12.6. The normalized spacial score (nSPS) is 18.9. The van der Waals surface area contributed by atoms with Crippen molar-refractivity contribution >= 4 is 34.9 Å². The molecule has 2 aliphatic rings. The average molecular weight is 425 g/mol. The van der Waals surface area contributed by atoms with Gasteiger partial charge in [0.2, 0.25) is 0 Å². The van der Waals surface area contributed by atoms with Gasteiger partial charge in [0.25, 0.3) is 0 Å². The summed E-state index contributed by atoms with van der Waals surface area (Å²) in [6.45, 7) is 0. The lowest BCUT2D eigenvalue weighted by Crippen LogP contribution is -2.31. The molecule has 1 atom stereocenters. The van der Waals surface area contributed by atoms with Crippen LogP contribution in [0.3, 0.4) is 0 Å². The molecule has 146 valence electrons. The molecule has 5 nitrogen and oxygen atoms in total. The number of benzene rings is 1. The third kappa shape index (κ3) is 3.89. The first kappa shape index (κ1) is 19.6. The summed E-state index contributed by atoms with van der Waals surface area (Å²) < 4.78 is 5.57. The van der Waals surface area contributed by atoms with Gasteiger partial charge in [-0.25, -0.2) is 0 Å². The van der Waals surface area contributed by atoms with E-state index in [4.69, 9.17) is 16.0 Å². The minimum Gasteiger partial charge on any atom is -0.468 e. The van der Waals surface area contributed by atoms with Gasteiger partial charge in [-0.3, -0.25) is 9.59 Å². The summed E-state index contributed by atoms with van der Waals surface area (Å²) in [5.41, 5.74) is 2.40. The highest BCUT2D eigenvalue weighted by molar-refractivity contribution is 8.03. The number of nitrogens with one attached hydrogen (secondary N) is 1. The largest absolute Gasteiger partial charge is 0.468 e. The van der Waals surface area contributed by atoms with Gasteiger partial charge in [-0.05, 0) is 49.2 Å². The first-order chi connectivity index (χ1) is 14.1. The number of hydrogen-bond donors (Lipinski definition) is 1. The zero-order valence-electron chi connectivity index (χ0n) is 15.4. The highest BCUT2D eigenvalue weighted by atomic mass is 35.5. The number of dihydropyridines is 1. The summed E-state index contributed by atoms with van der Waals surface area (Å²) in [5, 5.41) is 14.3. The van der Waals surface area contributed by atoms with E-state index in [-0.39, 0.29) is 17.3 Å². The number of hydrogen-bond acceptors (Lipinski definition) is 6. The lowest BCUT2D eigenvalue weighted by molar-refractivity contribution is -0.116. The van der Waals surface area contributed by atoms with Crippen LogP contribution in [-0.4, -0.2) is 17.3 Å². The Morgan fingerprint density at radius 2 is 2.07 bits per heavy atom. The Labute approximate surface area is 177 Å². The van der Waals surface area contributed by atoms with E-state index in [9.17, 15) is 14.9 Å². The Morgan fingerprint density at radius 3 is 2.76 bits per heavy atom. The maximum absolute atomic E-state index is 12.6. The number of furan rings is 1. The van der Waals surface area contributed by atoms with Gasteiger partial charge in [0.05, 0.1) is 34.6 Å². The van der Waals surface area contributed by atoms with E-state index in [2.05, 4.69) is 11.4 Å². The molecule has 1 aromatic heterocycles. The fourth-order valence-electron chi connectivity index (χ4n) is 3.63. The van der Waals surface area contributed by atoms with Gasteiger partial charge in [-0.1, -0.05) is 23.4 Å². The zero-order chi connectivity index (χ0) is 20.4. The summed E-state index contributed by atoms with van der Waals surface area (Å²) in [6.07, 6.45) is 3.50. The van der Waals surface area contributed by atoms with E-state index >= 15 is 0 Å². The molecule has 7 heteroatoms. The van der Waals surface area contributed by atoms with Crippen LogP contribution in [0.5, 0.6) is 0 Å². The number of halogens is 1. The molecular formula is C22H17ClN2O3S. The van der Waals surface area contributed by atoms with Crippen LogP contribution in [0.25, 0.3) is 0 Å². The van der Waals surface area contributed by atoms with Gasteiger partial charge in [-0.15, -0.1) is 0 Å². The van der Waals surface area contributed by atoms with Crippen molar-refractivity contribution in [1.29, 1.82) is 5.26 Å². The molecule has 1 aliphatic carbocycles. The van der Waals surface area contributed by atoms with Gasteiger partial charge in [-0.2, -0.15) is 5.26 Å². The fraction of sp³-hybridized carbons (Fsp3) is 0.227. The van der Waals surface area contributed by atoms with Crippen molar-refractivity contribution < 1.29 is 14.0 Å².